The third kappa shape index (κ3) is 1.89. The van der Waals surface area contributed by atoms with Crippen LogP contribution in [0.3, 0.4) is 0 Å². The van der Waals surface area contributed by atoms with Gasteiger partial charge >= 0.3 is 0 Å². The van der Waals surface area contributed by atoms with E-state index in [1.807, 2.05) is 18.3 Å². The molecule has 0 aliphatic carbocycles. The first kappa shape index (κ1) is 10.6. The zero-order chi connectivity index (χ0) is 11.8. The number of nitrogens with one attached hydrogen (secondary N) is 1. The Balaban J connectivity index is 1.91. The standard InChI is InChI=1S/C13H12N2OS/c1-8-7-17-12(13(16)15-8)10-3-2-9-4-5-14-11(9)6-10/h2-3,5-6,12H,1,4,7H2,(H,15,16). The van der Waals surface area contributed by atoms with E-state index in [4.69, 9.17) is 0 Å². The average molecular weight is 244 g/mol. The van der Waals surface area contributed by atoms with Crippen LogP contribution in [-0.2, 0) is 11.2 Å². The van der Waals surface area contributed by atoms with Crippen molar-refractivity contribution in [2.24, 2.45) is 4.99 Å². The van der Waals surface area contributed by atoms with Gasteiger partial charge in [-0.1, -0.05) is 18.7 Å². The predicted octanol–water partition coefficient (Wildman–Crippen LogP) is 2.36. The van der Waals surface area contributed by atoms with E-state index in [9.17, 15) is 4.79 Å². The summed E-state index contributed by atoms with van der Waals surface area (Å²) in [6.07, 6.45) is 2.81. The number of carbonyl (C=O) groups excluding carboxylic acids is 1. The lowest BCUT2D eigenvalue weighted by Crippen LogP contribution is -2.32. The van der Waals surface area contributed by atoms with Crippen LogP contribution in [0.4, 0.5) is 5.69 Å². The first-order chi connectivity index (χ1) is 8.24. The molecule has 86 valence electrons. The molecule has 3 nitrogen and oxygen atoms in total. The van der Waals surface area contributed by atoms with Crippen molar-refractivity contribution in [2.75, 3.05) is 5.75 Å². The fourth-order valence-electron chi connectivity index (χ4n) is 2.06. The second-order valence-electron chi connectivity index (χ2n) is 4.19. The number of benzene rings is 1. The van der Waals surface area contributed by atoms with Gasteiger partial charge in [-0.15, -0.1) is 11.8 Å². The van der Waals surface area contributed by atoms with Crippen LogP contribution < -0.4 is 5.32 Å². The summed E-state index contributed by atoms with van der Waals surface area (Å²) in [5.41, 5.74) is 4.05. The largest absolute Gasteiger partial charge is 0.328 e. The van der Waals surface area contributed by atoms with Crippen LogP contribution >= 0.6 is 11.8 Å². The van der Waals surface area contributed by atoms with E-state index in [1.54, 1.807) is 11.8 Å². The smallest absolute Gasteiger partial charge is 0.241 e. The molecular weight excluding hydrogens is 232 g/mol. The number of nitrogens with zero attached hydrogens (tertiary/aromatic N) is 1. The Hall–Kier alpha value is -1.55. The third-order valence-corrected chi connectivity index (χ3v) is 4.25. The molecule has 3 rings (SSSR count). The zero-order valence-corrected chi connectivity index (χ0v) is 10.1. The lowest BCUT2D eigenvalue weighted by atomic mass is 10.1. The Bertz CT molecular complexity index is 536. The zero-order valence-electron chi connectivity index (χ0n) is 9.27. The predicted molar refractivity (Wildman–Crippen MR) is 70.8 cm³/mol. The van der Waals surface area contributed by atoms with Gasteiger partial charge in [-0.2, -0.15) is 0 Å². The number of hydrogen-bond acceptors (Lipinski definition) is 3. The fraction of sp³-hybridized carbons (Fsp3) is 0.231. The van der Waals surface area contributed by atoms with Gasteiger partial charge in [0.1, 0.15) is 5.25 Å². The van der Waals surface area contributed by atoms with Crippen LogP contribution in [0.15, 0.2) is 35.5 Å². The Kier molecular flexibility index (Phi) is 2.52. The van der Waals surface area contributed by atoms with Crippen molar-refractivity contribution in [1.82, 2.24) is 5.32 Å². The summed E-state index contributed by atoms with van der Waals surface area (Å²) in [5.74, 6) is 0.796. The van der Waals surface area contributed by atoms with E-state index >= 15 is 0 Å². The van der Waals surface area contributed by atoms with Crippen LogP contribution in [0.25, 0.3) is 0 Å². The van der Waals surface area contributed by atoms with Gasteiger partial charge in [0, 0.05) is 24.1 Å². The molecule has 1 fully saturated rings. The van der Waals surface area contributed by atoms with E-state index in [1.165, 1.54) is 5.56 Å². The molecule has 1 amide bonds. The summed E-state index contributed by atoms with van der Waals surface area (Å²) < 4.78 is 0. The first-order valence-electron chi connectivity index (χ1n) is 5.49. The van der Waals surface area contributed by atoms with Gasteiger partial charge < -0.3 is 5.32 Å². The summed E-state index contributed by atoms with van der Waals surface area (Å²) in [6, 6.07) is 6.11. The van der Waals surface area contributed by atoms with Crippen LogP contribution in [0.1, 0.15) is 16.4 Å². The molecular formula is C13H12N2OS. The Morgan fingerprint density at radius 2 is 2.35 bits per heavy atom. The average Bonchev–Trinajstić information content (AvgIpc) is 2.75. The van der Waals surface area contributed by atoms with Crippen LogP contribution in [-0.4, -0.2) is 17.9 Å². The molecule has 1 aromatic rings. The van der Waals surface area contributed by atoms with Crippen molar-refractivity contribution in [1.29, 1.82) is 0 Å². The Morgan fingerprint density at radius 3 is 3.18 bits per heavy atom. The van der Waals surface area contributed by atoms with Crippen LogP contribution in [0, 0.1) is 0 Å². The molecule has 0 spiro atoms. The van der Waals surface area contributed by atoms with Gasteiger partial charge in [0.2, 0.25) is 5.91 Å². The van der Waals surface area contributed by atoms with E-state index in [0.717, 1.165) is 29.1 Å². The summed E-state index contributed by atoms with van der Waals surface area (Å²) >= 11 is 1.61. The molecule has 1 saturated heterocycles. The Labute approximate surface area is 104 Å². The molecule has 1 atom stereocenters. The van der Waals surface area contributed by atoms with E-state index < -0.39 is 0 Å². The number of fused-ring (bicyclic) bond motifs is 1. The van der Waals surface area contributed by atoms with Crippen molar-refractivity contribution in [3.63, 3.8) is 0 Å². The van der Waals surface area contributed by atoms with Gasteiger partial charge in [-0.25, -0.2) is 0 Å². The highest BCUT2D eigenvalue weighted by Gasteiger charge is 2.26. The maximum Gasteiger partial charge on any atom is 0.241 e. The molecule has 0 radical (unpaired) electrons. The molecule has 4 heteroatoms. The maximum atomic E-state index is 11.9. The minimum atomic E-state index is -0.137. The topological polar surface area (TPSA) is 41.5 Å². The number of carbonyl (C=O) groups is 1. The SMILES string of the molecule is C=C1CSC(c2ccc3c(c2)N=CC3)C(=O)N1. The molecule has 17 heavy (non-hydrogen) atoms. The molecule has 1 unspecified atom stereocenters. The molecule has 0 saturated carbocycles. The lowest BCUT2D eigenvalue weighted by molar-refractivity contribution is -0.120. The summed E-state index contributed by atoms with van der Waals surface area (Å²) in [6.45, 7) is 3.77. The molecule has 2 aliphatic rings. The number of amides is 1. The third-order valence-electron chi connectivity index (χ3n) is 2.92. The Morgan fingerprint density at radius 1 is 1.47 bits per heavy atom. The molecule has 1 aromatic carbocycles. The second-order valence-corrected chi connectivity index (χ2v) is 5.28. The molecule has 0 bridgehead atoms. The highest BCUT2D eigenvalue weighted by molar-refractivity contribution is 8.00. The molecule has 2 aliphatic heterocycles. The molecule has 2 heterocycles. The minimum Gasteiger partial charge on any atom is -0.328 e. The maximum absolute atomic E-state index is 11.9. The van der Waals surface area contributed by atoms with Crippen molar-refractivity contribution in [3.05, 3.63) is 41.6 Å². The van der Waals surface area contributed by atoms with E-state index in [-0.39, 0.29) is 11.2 Å². The fourth-order valence-corrected chi connectivity index (χ4v) is 3.05. The van der Waals surface area contributed by atoms with Gasteiger partial charge in [-0.3, -0.25) is 9.79 Å². The van der Waals surface area contributed by atoms with E-state index in [0.29, 0.717) is 0 Å². The number of aliphatic imine (C=N–C) groups is 1. The van der Waals surface area contributed by atoms with Crippen molar-refractivity contribution in [3.8, 4) is 0 Å². The lowest BCUT2D eigenvalue weighted by Gasteiger charge is -2.23. The number of rotatable bonds is 1. The molecule has 1 N–H and O–H groups in total. The van der Waals surface area contributed by atoms with Crippen LogP contribution in [0.5, 0.6) is 0 Å². The minimum absolute atomic E-state index is 0.0215. The number of thioether (sulfide) groups is 1. The normalized spacial score (nSPS) is 22.5. The second kappa shape index (κ2) is 4.04. The van der Waals surface area contributed by atoms with Gasteiger partial charge in [0.05, 0.1) is 5.69 Å². The summed E-state index contributed by atoms with van der Waals surface area (Å²) in [4.78, 5) is 16.2. The van der Waals surface area contributed by atoms with Crippen molar-refractivity contribution >= 4 is 29.6 Å². The molecule has 0 aromatic heterocycles. The quantitative estimate of drug-likeness (QED) is 0.824. The summed E-state index contributed by atoms with van der Waals surface area (Å²) in [7, 11) is 0. The van der Waals surface area contributed by atoms with Gasteiger partial charge in [0.25, 0.3) is 0 Å². The van der Waals surface area contributed by atoms with Crippen LogP contribution in [0.2, 0.25) is 0 Å². The monoisotopic (exact) mass is 244 g/mol. The highest BCUT2D eigenvalue weighted by atomic mass is 32.2. The van der Waals surface area contributed by atoms with Crippen molar-refractivity contribution in [2.45, 2.75) is 11.7 Å². The van der Waals surface area contributed by atoms with Crippen molar-refractivity contribution < 1.29 is 4.79 Å². The van der Waals surface area contributed by atoms with Gasteiger partial charge in [-0.05, 0) is 17.2 Å². The van der Waals surface area contributed by atoms with Gasteiger partial charge in [0.15, 0.2) is 0 Å². The summed E-state index contributed by atoms with van der Waals surface area (Å²) in [5, 5.41) is 2.67. The first-order valence-corrected chi connectivity index (χ1v) is 6.54. The van der Waals surface area contributed by atoms with E-state index in [2.05, 4.69) is 23.0 Å². The highest BCUT2D eigenvalue weighted by Crippen LogP contribution is 2.36. The number of hydrogen-bond donors (Lipinski definition) is 1.